The van der Waals surface area contributed by atoms with Gasteiger partial charge in [-0.25, -0.2) is 16.8 Å². The van der Waals surface area contributed by atoms with E-state index in [1.165, 1.54) is 45.4 Å². The van der Waals surface area contributed by atoms with Crippen LogP contribution in [-0.2, 0) is 83.5 Å². The second-order valence-electron chi connectivity index (χ2n) is 25.4. The average Bonchev–Trinajstić information content (AvgIpc) is 0.787. The van der Waals surface area contributed by atoms with Crippen LogP contribution in [0, 0.1) is 6.92 Å². The first-order chi connectivity index (χ1) is 53.4. The van der Waals surface area contributed by atoms with Gasteiger partial charge in [0.05, 0.1) is 63.5 Å². The van der Waals surface area contributed by atoms with Crippen LogP contribution in [0.4, 0.5) is 0 Å². The molecule has 15 rings (SSSR count). The van der Waals surface area contributed by atoms with Gasteiger partial charge in [-0.15, -0.1) is 0 Å². The minimum Gasteiger partial charge on any atom is -0.382 e. The molecule has 0 radical (unpaired) electrons. The van der Waals surface area contributed by atoms with E-state index in [-0.39, 0.29) is 53.7 Å². The molecule has 1 saturated carbocycles. The highest BCUT2D eigenvalue weighted by Gasteiger charge is 2.34. The Kier molecular flexibility index (Phi) is 27.4. The molecule has 110 heavy (non-hydrogen) atoms. The van der Waals surface area contributed by atoms with E-state index in [2.05, 4.69) is 97.1 Å². The maximum Gasteiger partial charge on any atom is 0.339 e. The first kappa shape index (κ1) is 79.4. The van der Waals surface area contributed by atoms with Crippen LogP contribution < -0.4 is 8.37 Å². The molecule has 1 fully saturated rings. The molecule has 10 nitrogen and oxygen atoms in total. The van der Waals surface area contributed by atoms with Gasteiger partial charge in [0.25, 0.3) is 0 Å². The summed E-state index contributed by atoms with van der Waals surface area (Å²) in [6, 6.07) is 127. The van der Waals surface area contributed by atoms with Crippen LogP contribution in [0.15, 0.2) is 473 Å². The van der Waals surface area contributed by atoms with Crippen molar-refractivity contribution in [3.05, 3.63) is 400 Å². The number of rotatable bonds is 21. The Morgan fingerprint density at radius 1 is 0.245 bits per heavy atom. The van der Waals surface area contributed by atoms with Gasteiger partial charge in [0, 0.05) is 6.26 Å². The fourth-order valence-corrected chi connectivity index (χ4v) is 24.7. The number of hydrogen-bond acceptors (Lipinski definition) is 10. The third kappa shape index (κ3) is 21.3. The molecule has 0 aromatic heterocycles. The van der Waals surface area contributed by atoms with Crippen LogP contribution in [-0.4, -0.2) is 45.2 Å². The molecule has 0 saturated heterocycles. The maximum absolute atomic E-state index is 12.9. The third-order valence-electron chi connectivity index (χ3n) is 17.5. The van der Waals surface area contributed by atoms with Crippen LogP contribution >= 0.6 is 0 Å². The lowest BCUT2D eigenvalue weighted by Crippen LogP contribution is -2.28. The Morgan fingerprint density at radius 2 is 0.473 bits per heavy atom. The van der Waals surface area contributed by atoms with E-state index in [0.29, 0.717) is 39.0 Å². The van der Waals surface area contributed by atoms with E-state index in [1.807, 2.05) is 207 Å². The first-order valence-electron chi connectivity index (χ1n) is 35.6. The number of sulfone groups is 2. The average molecular weight is 1600 g/mol. The number of benzene rings is 14. The lowest BCUT2D eigenvalue weighted by atomic mass is 10.0. The Morgan fingerprint density at radius 3 is 0.755 bits per heavy atom. The summed E-state index contributed by atoms with van der Waals surface area (Å²) in [5.74, 6) is 0.688. The van der Waals surface area contributed by atoms with Crippen LogP contribution in [0.5, 0.6) is 11.5 Å². The summed E-state index contributed by atoms with van der Waals surface area (Å²) in [5, 5.41) is -0.376. The molecule has 0 bridgehead atoms. The van der Waals surface area contributed by atoms with Gasteiger partial charge in [0.1, 0.15) is 16.4 Å². The summed E-state index contributed by atoms with van der Waals surface area (Å²) in [6.45, 7) is 1.91. The van der Waals surface area contributed by atoms with Gasteiger partial charge in [0.2, 0.25) is 9.84 Å². The fourth-order valence-electron chi connectivity index (χ4n) is 12.1. The van der Waals surface area contributed by atoms with Crippen molar-refractivity contribution in [3.63, 3.8) is 0 Å². The largest absolute Gasteiger partial charge is 0.382 e. The van der Waals surface area contributed by atoms with Crippen molar-refractivity contribution in [1.82, 2.24) is 0 Å². The molecule has 0 N–H and O–H groups in total. The molecule has 0 heterocycles. The molecule has 554 valence electrons. The standard InChI is InChI=1S/C25H21O3S2.C24H25O3S2.C24H19O2S2.C19H17O2S2/c1-20-12-18-25(19-13-20)30(26,27)28-21-14-16-24(17-15-21)29(22-8-4-2-5-9-22)23-10-6-3-7-11-23;25-29(26,24-14-8-3-9-15-24)27-20-16-18-23(19-17-20)28(21-10-4-1-5-11-21)22-12-6-2-7-13-22;25-28(26,23-14-8-3-9-15-23)24-18-16-22(17-19-24)27(20-10-4-1-5-11-20)21-12-6-2-7-13-21;1-23(20,21)19-14-12-18(13-15-19)22(16-8-4-2-5-9-16)17-10-6-3-7-11-17/h2-19H,1H3;1-2,4-7,10-13,16-19,24H,3,8-9,14-15H2;1-19H;2-15H,1H3/q4*+1. The minimum absolute atomic E-state index is 0.144. The summed E-state index contributed by atoms with van der Waals surface area (Å²) in [5.41, 5.74) is 0.993. The van der Waals surface area contributed by atoms with E-state index in [4.69, 9.17) is 8.37 Å². The van der Waals surface area contributed by atoms with Gasteiger partial charge in [-0.1, -0.05) is 201 Å². The van der Waals surface area contributed by atoms with Crippen molar-refractivity contribution in [1.29, 1.82) is 0 Å². The lowest BCUT2D eigenvalue weighted by molar-refractivity contribution is 0.429. The molecule has 0 aliphatic heterocycles. The molecular weight excluding hydrogens is 1520 g/mol. The Hall–Kier alpha value is -10.1. The van der Waals surface area contributed by atoms with Gasteiger partial charge < -0.3 is 8.37 Å². The van der Waals surface area contributed by atoms with Crippen molar-refractivity contribution in [2.24, 2.45) is 0 Å². The van der Waals surface area contributed by atoms with Crippen molar-refractivity contribution >= 4 is 83.5 Å². The Bertz CT molecular complexity index is 5500. The molecule has 14 aromatic carbocycles. The molecule has 0 amide bonds. The van der Waals surface area contributed by atoms with E-state index in [0.717, 1.165) is 44.4 Å². The molecule has 0 spiro atoms. The zero-order valence-corrected chi connectivity index (χ0v) is 67.0. The van der Waals surface area contributed by atoms with E-state index in [9.17, 15) is 33.7 Å². The molecule has 0 unspecified atom stereocenters. The van der Waals surface area contributed by atoms with Crippen LogP contribution in [0.2, 0.25) is 0 Å². The predicted molar refractivity (Wildman–Crippen MR) is 446 cm³/mol. The summed E-state index contributed by atoms with van der Waals surface area (Å²) < 4.78 is 110. The summed E-state index contributed by atoms with van der Waals surface area (Å²) in [7, 11) is -15.2. The molecule has 1 aliphatic carbocycles. The van der Waals surface area contributed by atoms with E-state index >= 15 is 0 Å². The third-order valence-corrected chi connectivity index (χ3v) is 32.4. The van der Waals surface area contributed by atoms with Crippen molar-refractivity contribution in [2.45, 2.75) is 123 Å². The SMILES string of the molecule is CS(=O)(=O)c1ccc([S+](c2ccccc2)c2ccccc2)cc1.Cc1ccc(S(=O)(=O)Oc2ccc([S+](c3ccccc3)c3ccccc3)cc2)cc1.O=S(=O)(Oc1ccc([S+](c2ccccc2)c2ccccc2)cc1)C1CCCCC1.O=S(=O)(c1ccccc1)c1ccc([S+](c2ccccc2)c2ccccc2)cc1. The van der Waals surface area contributed by atoms with Gasteiger partial charge in [-0.2, -0.15) is 16.8 Å². The van der Waals surface area contributed by atoms with E-state index < -0.39 is 39.9 Å². The summed E-state index contributed by atoms with van der Waals surface area (Å²) >= 11 is 0. The zero-order chi connectivity index (χ0) is 76.8. The second kappa shape index (κ2) is 38.0. The first-order valence-corrected chi connectivity index (χ1v) is 46.8. The van der Waals surface area contributed by atoms with Gasteiger partial charge >= 0.3 is 20.2 Å². The maximum atomic E-state index is 12.9. The fraction of sp³-hybridized carbons (Fsp3) is 0.0870. The molecule has 14 aromatic rings. The van der Waals surface area contributed by atoms with Crippen LogP contribution in [0.1, 0.15) is 37.7 Å². The Labute approximate surface area is 660 Å². The quantitative estimate of drug-likeness (QED) is 0.0501. The summed E-state index contributed by atoms with van der Waals surface area (Å²) in [6.07, 6.45) is 5.67. The summed E-state index contributed by atoms with van der Waals surface area (Å²) in [4.78, 5) is 15.2. The molecule has 1 aliphatic rings. The van der Waals surface area contributed by atoms with Crippen molar-refractivity contribution in [3.8, 4) is 11.5 Å². The zero-order valence-electron chi connectivity index (χ0n) is 60.5. The smallest absolute Gasteiger partial charge is 0.339 e. The van der Waals surface area contributed by atoms with Crippen LogP contribution in [0.25, 0.3) is 0 Å². The van der Waals surface area contributed by atoms with Gasteiger partial charge in [0.15, 0.2) is 68.6 Å². The second-order valence-corrected chi connectivity index (χ2v) is 40.8. The van der Waals surface area contributed by atoms with Crippen LogP contribution in [0.3, 0.4) is 0 Å². The van der Waals surface area contributed by atoms with Gasteiger partial charge in [-0.3, -0.25) is 0 Å². The monoisotopic (exact) mass is 1600 g/mol. The number of aryl methyl sites for hydroxylation is 1. The normalized spacial score (nSPS) is 12.5. The van der Waals surface area contributed by atoms with Crippen molar-refractivity contribution in [2.75, 3.05) is 6.26 Å². The van der Waals surface area contributed by atoms with Gasteiger partial charge in [-0.05, 0) is 238 Å². The predicted octanol–water partition coefficient (Wildman–Crippen LogP) is 21.5. The topological polar surface area (TPSA) is 155 Å². The highest BCUT2D eigenvalue weighted by molar-refractivity contribution is 7.98. The molecule has 18 heteroatoms. The number of hydrogen-bond donors (Lipinski definition) is 0. The molecular formula is C92H82O10S8+4. The Balaban J connectivity index is 0.000000137. The highest BCUT2D eigenvalue weighted by Crippen LogP contribution is 2.38. The highest BCUT2D eigenvalue weighted by atomic mass is 32.2. The van der Waals surface area contributed by atoms with E-state index in [1.54, 1.807) is 97.1 Å². The lowest BCUT2D eigenvalue weighted by Gasteiger charge is -2.21. The minimum atomic E-state index is -3.87. The van der Waals surface area contributed by atoms with Crippen molar-refractivity contribution < 1.29 is 42.0 Å². The molecule has 0 atom stereocenters.